The van der Waals surface area contributed by atoms with Gasteiger partial charge in [-0.3, -0.25) is 4.79 Å². The molecule has 8 nitrogen and oxygen atoms in total. The van der Waals surface area contributed by atoms with Crippen LogP contribution in [0.25, 0.3) is 6.08 Å². The van der Waals surface area contributed by atoms with Gasteiger partial charge >= 0.3 is 11.9 Å². The lowest BCUT2D eigenvalue weighted by molar-refractivity contribution is -0.114. The van der Waals surface area contributed by atoms with Crippen molar-refractivity contribution in [2.75, 3.05) is 20.3 Å². The minimum absolute atomic E-state index is 0.119. The minimum atomic E-state index is -0.650. The summed E-state index contributed by atoms with van der Waals surface area (Å²) < 4.78 is 22.3. The first-order valence-electron chi connectivity index (χ1n) is 12.5. The maximum atomic E-state index is 13.3. The number of ketones is 1. The number of esters is 2. The molecule has 0 aliphatic rings. The van der Waals surface area contributed by atoms with Gasteiger partial charge in [0, 0.05) is 21.9 Å². The summed E-state index contributed by atoms with van der Waals surface area (Å²) in [5.41, 5.74) is 1.65. The van der Waals surface area contributed by atoms with Crippen LogP contribution in [0.5, 0.6) is 11.5 Å². The number of halogens is 2. The number of benzene rings is 2. The minimum Gasteiger partial charge on any atom is -0.493 e. The monoisotopic (exact) mass is 659 g/mol. The second-order valence-electron chi connectivity index (χ2n) is 8.48. The maximum absolute atomic E-state index is 13.3. The van der Waals surface area contributed by atoms with Crippen LogP contribution >= 0.6 is 38.9 Å². The molecule has 3 rings (SSSR count). The summed E-state index contributed by atoms with van der Waals surface area (Å²) in [5.74, 6) is -0.981. The Morgan fingerprint density at radius 2 is 1.78 bits per heavy atom. The highest BCUT2D eigenvalue weighted by Crippen LogP contribution is 2.38. The van der Waals surface area contributed by atoms with Crippen molar-refractivity contribution in [3.8, 4) is 17.6 Å². The third-order valence-corrected chi connectivity index (χ3v) is 8.02. The molecule has 0 aliphatic carbocycles. The number of Topliss-reactive ketones (excluding diaryl/α,β-unsaturated/α-hetero) is 1. The van der Waals surface area contributed by atoms with Crippen molar-refractivity contribution in [1.82, 2.24) is 0 Å². The normalized spacial score (nSPS) is 11.0. The highest BCUT2D eigenvalue weighted by atomic mass is 79.9. The number of hydrogen-bond donors (Lipinski definition) is 0. The first kappa shape index (κ1) is 31.9. The van der Waals surface area contributed by atoms with Crippen molar-refractivity contribution < 1.29 is 33.3 Å². The largest absolute Gasteiger partial charge is 0.493 e. The fraction of sp³-hybridized carbons (Fsp3) is 0.267. The van der Waals surface area contributed by atoms with Crippen molar-refractivity contribution in [2.24, 2.45) is 0 Å². The van der Waals surface area contributed by atoms with E-state index in [-0.39, 0.29) is 42.3 Å². The van der Waals surface area contributed by atoms with E-state index in [0.717, 1.165) is 16.9 Å². The zero-order valence-electron chi connectivity index (χ0n) is 22.8. The van der Waals surface area contributed by atoms with E-state index < -0.39 is 17.7 Å². The Morgan fingerprint density at radius 3 is 2.41 bits per heavy atom. The quantitative estimate of drug-likeness (QED) is 0.115. The summed E-state index contributed by atoms with van der Waals surface area (Å²) in [7, 11) is 1.48. The van der Waals surface area contributed by atoms with Crippen molar-refractivity contribution in [3.05, 3.63) is 83.5 Å². The first-order chi connectivity index (χ1) is 19.6. The van der Waals surface area contributed by atoms with Crippen LogP contribution in [0.1, 0.15) is 55.4 Å². The van der Waals surface area contributed by atoms with Crippen LogP contribution in [0.15, 0.2) is 46.4 Å². The molecule has 0 atom stereocenters. The van der Waals surface area contributed by atoms with Gasteiger partial charge in [-0.2, -0.15) is 5.26 Å². The molecule has 0 saturated carbocycles. The highest BCUT2D eigenvalue weighted by molar-refractivity contribution is 9.10. The predicted molar refractivity (Wildman–Crippen MR) is 160 cm³/mol. The van der Waals surface area contributed by atoms with Gasteiger partial charge in [-0.1, -0.05) is 29.8 Å². The number of carbonyl (C=O) groups is 3. The van der Waals surface area contributed by atoms with Crippen molar-refractivity contribution >= 4 is 62.7 Å². The van der Waals surface area contributed by atoms with Crippen LogP contribution in [-0.4, -0.2) is 38.0 Å². The lowest BCUT2D eigenvalue weighted by Gasteiger charge is -2.14. The number of allylic oxidation sites excluding steroid dienone is 1. The average molecular weight is 661 g/mol. The van der Waals surface area contributed by atoms with Crippen LogP contribution in [0.2, 0.25) is 5.02 Å². The Balaban J connectivity index is 1.91. The molecule has 0 amide bonds. The average Bonchev–Trinajstić information content (AvgIpc) is 3.27. The smallest absolute Gasteiger partial charge is 0.348 e. The molecule has 0 unspecified atom stereocenters. The van der Waals surface area contributed by atoms with Crippen LogP contribution < -0.4 is 9.47 Å². The lowest BCUT2D eigenvalue weighted by Crippen LogP contribution is -2.12. The van der Waals surface area contributed by atoms with E-state index >= 15 is 0 Å². The van der Waals surface area contributed by atoms with E-state index in [4.69, 9.17) is 30.5 Å². The molecule has 0 spiro atoms. The lowest BCUT2D eigenvalue weighted by atomic mass is 10.0. The van der Waals surface area contributed by atoms with Crippen LogP contribution in [0.3, 0.4) is 0 Å². The number of nitrogens with zero attached hydrogens (tertiary/aromatic N) is 1. The van der Waals surface area contributed by atoms with Crippen molar-refractivity contribution in [1.29, 1.82) is 5.26 Å². The van der Waals surface area contributed by atoms with E-state index in [2.05, 4.69) is 15.9 Å². The van der Waals surface area contributed by atoms with E-state index in [1.807, 2.05) is 24.3 Å². The summed E-state index contributed by atoms with van der Waals surface area (Å²) in [5, 5.41) is 10.4. The zero-order valence-corrected chi connectivity index (χ0v) is 26.0. The van der Waals surface area contributed by atoms with Crippen molar-refractivity contribution in [3.63, 3.8) is 0 Å². The van der Waals surface area contributed by atoms with E-state index in [1.165, 1.54) is 13.2 Å². The van der Waals surface area contributed by atoms with Crippen molar-refractivity contribution in [2.45, 2.75) is 33.8 Å². The molecule has 214 valence electrons. The van der Waals surface area contributed by atoms with E-state index in [0.29, 0.717) is 37.0 Å². The van der Waals surface area contributed by atoms with Gasteiger partial charge in [0.25, 0.3) is 0 Å². The van der Waals surface area contributed by atoms with Gasteiger partial charge < -0.3 is 18.9 Å². The second kappa shape index (κ2) is 14.8. The SMILES string of the molecule is CCOC(=O)c1sc(CC(=O)/C(C#N)=C/c2cc(Br)c(OCc3ccccc3Cl)c(OC)c2)c(C(=O)OCC)c1C. The van der Waals surface area contributed by atoms with E-state index in [1.54, 1.807) is 39.0 Å². The molecule has 41 heavy (non-hydrogen) atoms. The fourth-order valence-electron chi connectivity index (χ4n) is 3.87. The zero-order chi connectivity index (χ0) is 30.1. The third-order valence-electron chi connectivity index (χ3n) is 5.79. The molecular weight excluding hydrogens is 634 g/mol. The second-order valence-corrected chi connectivity index (χ2v) is 10.8. The number of hydrogen-bond acceptors (Lipinski definition) is 9. The fourth-order valence-corrected chi connectivity index (χ4v) is 5.82. The van der Waals surface area contributed by atoms with E-state index in [9.17, 15) is 19.6 Å². The Kier molecular flexibility index (Phi) is 11.5. The van der Waals surface area contributed by atoms with Gasteiger partial charge in [-0.15, -0.1) is 11.3 Å². The molecule has 1 aromatic heterocycles. The van der Waals surface area contributed by atoms with Gasteiger partial charge in [0.1, 0.15) is 17.6 Å². The van der Waals surface area contributed by atoms with Gasteiger partial charge in [-0.05, 0) is 72.1 Å². The summed E-state index contributed by atoms with van der Waals surface area (Å²) in [4.78, 5) is 38.9. The number of carbonyl (C=O) groups excluding carboxylic acids is 3. The summed E-state index contributed by atoms with van der Waals surface area (Å²) in [6.07, 6.45) is 1.14. The number of rotatable bonds is 12. The Labute approximate surface area is 255 Å². The molecule has 1 heterocycles. The van der Waals surface area contributed by atoms with Gasteiger partial charge in [0.05, 0.1) is 35.9 Å². The summed E-state index contributed by atoms with van der Waals surface area (Å²) in [6, 6.07) is 12.6. The highest BCUT2D eigenvalue weighted by Gasteiger charge is 2.28. The van der Waals surface area contributed by atoms with Crippen LogP contribution in [-0.2, 0) is 27.3 Å². The Morgan fingerprint density at radius 1 is 1.10 bits per heavy atom. The molecule has 0 aliphatic heterocycles. The van der Waals surface area contributed by atoms with Crippen LogP contribution in [0, 0.1) is 18.3 Å². The summed E-state index contributed by atoms with van der Waals surface area (Å²) >= 11 is 10.7. The number of nitriles is 1. The first-order valence-corrected chi connectivity index (χ1v) is 14.5. The number of thiophene rings is 1. The standard InChI is InChI=1S/C30H27BrClNO7S/c1-5-38-29(35)26-17(3)28(30(36)39-6-2)41-25(26)14-23(34)20(15-33)11-18-12-21(31)27(24(13-18)37-4)40-16-19-9-7-8-10-22(19)32/h7-13H,5-6,14,16H2,1-4H3/b20-11+. The molecule has 0 fully saturated rings. The molecule has 11 heteroatoms. The summed E-state index contributed by atoms with van der Waals surface area (Å²) in [6.45, 7) is 5.41. The molecule has 2 aromatic carbocycles. The predicted octanol–water partition coefficient (Wildman–Crippen LogP) is 7.13. The molecule has 0 bridgehead atoms. The van der Waals surface area contributed by atoms with Crippen LogP contribution in [0.4, 0.5) is 0 Å². The molecule has 0 N–H and O–H groups in total. The molecule has 0 saturated heterocycles. The molecule has 0 radical (unpaired) electrons. The third kappa shape index (κ3) is 7.76. The molecule has 3 aromatic rings. The topological polar surface area (TPSA) is 112 Å². The van der Waals surface area contributed by atoms with Gasteiger partial charge in [0.2, 0.25) is 0 Å². The number of methoxy groups -OCH3 is 1. The maximum Gasteiger partial charge on any atom is 0.348 e. The van der Waals surface area contributed by atoms with Gasteiger partial charge in [-0.25, -0.2) is 9.59 Å². The number of ether oxygens (including phenoxy) is 4. The Hall–Kier alpha value is -3.65. The Bertz CT molecular complexity index is 1540. The van der Waals surface area contributed by atoms with Gasteiger partial charge in [0.15, 0.2) is 17.3 Å². The molecular formula is C30H27BrClNO7S.